The van der Waals surface area contributed by atoms with Crippen molar-refractivity contribution < 1.29 is 38.9 Å². The molecule has 3 unspecified atom stereocenters. The van der Waals surface area contributed by atoms with Crippen LogP contribution in [-0.2, 0) is 38.6 Å². The van der Waals surface area contributed by atoms with Crippen LogP contribution in [0.5, 0.6) is 11.5 Å². The van der Waals surface area contributed by atoms with E-state index in [9.17, 15) is 14.7 Å². The first kappa shape index (κ1) is 35.3. The Morgan fingerprint density at radius 3 is 2.15 bits per heavy atom. The van der Waals surface area contributed by atoms with Crippen LogP contribution in [0.25, 0.3) is 0 Å². The summed E-state index contributed by atoms with van der Waals surface area (Å²) >= 11 is 0. The fourth-order valence-electron chi connectivity index (χ4n) is 6.35. The predicted octanol–water partition coefficient (Wildman–Crippen LogP) is 5.58. The topological polar surface area (TPSA) is 139 Å². The second kappa shape index (κ2) is 17.4. The van der Waals surface area contributed by atoms with Gasteiger partial charge in [0.05, 0.1) is 33.0 Å². The molecule has 0 bridgehead atoms. The Bertz CT molecular complexity index is 1500. The van der Waals surface area contributed by atoms with E-state index in [4.69, 9.17) is 24.2 Å². The smallest absolute Gasteiger partial charge is 0.243 e. The molecule has 258 valence electrons. The van der Waals surface area contributed by atoms with E-state index in [2.05, 4.69) is 22.3 Å². The Labute approximate surface area is 282 Å². The van der Waals surface area contributed by atoms with Gasteiger partial charge in [-0.25, -0.2) is 5.48 Å². The number of unbranched alkanes of at least 4 members (excludes halogenated alkanes) is 3. The lowest BCUT2D eigenvalue weighted by molar-refractivity contribution is -0.253. The Hall–Kier alpha value is -4.00. The Morgan fingerprint density at radius 2 is 1.50 bits per heavy atom. The summed E-state index contributed by atoms with van der Waals surface area (Å²) in [5.41, 5.74) is 7.58. The molecular weight excluding hydrogens is 614 g/mol. The lowest BCUT2D eigenvalue weighted by atomic mass is 9.97. The van der Waals surface area contributed by atoms with Gasteiger partial charge in [0, 0.05) is 50.1 Å². The van der Waals surface area contributed by atoms with Gasteiger partial charge in [0.2, 0.25) is 11.8 Å². The first-order valence-corrected chi connectivity index (χ1v) is 16.7. The quantitative estimate of drug-likeness (QED) is 0.0934. The molecule has 11 nitrogen and oxygen atoms in total. The van der Waals surface area contributed by atoms with Crippen LogP contribution in [0.2, 0.25) is 0 Å². The highest BCUT2D eigenvalue weighted by molar-refractivity contribution is 5.90. The van der Waals surface area contributed by atoms with Gasteiger partial charge in [0.1, 0.15) is 0 Å². The number of amides is 2. The van der Waals surface area contributed by atoms with E-state index in [0.29, 0.717) is 24.9 Å². The number of carbonyl (C=O) groups excluding carboxylic acids is 2. The number of rotatable bonds is 15. The maximum absolute atomic E-state index is 12.5. The second-order valence-corrected chi connectivity index (χ2v) is 12.4. The first-order chi connectivity index (χ1) is 23.4. The number of methoxy groups -OCH3 is 2. The summed E-state index contributed by atoms with van der Waals surface area (Å²) in [6, 6.07) is 19.6. The number of benzene rings is 3. The molecule has 2 heterocycles. The van der Waals surface area contributed by atoms with Crippen molar-refractivity contribution in [1.82, 2.24) is 10.4 Å². The largest absolute Gasteiger partial charge is 0.493 e. The summed E-state index contributed by atoms with van der Waals surface area (Å²) in [6.07, 6.45) is 4.43. The average Bonchev–Trinajstić information content (AvgIpc) is 3.12. The van der Waals surface area contributed by atoms with Crippen LogP contribution >= 0.6 is 0 Å². The zero-order valence-electron chi connectivity index (χ0n) is 27.8. The molecule has 1 saturated heterocycles. The molecule has 2 aliphatic rings. The van der Waals surface area contributed by atoms with Crippen molar-refractivity contribution in [3.63, 3.8) is 0 Å². The maximum atomic E-state index is 12.5. The highest BCUT2D eigenvalue weighted by atomic mass is 16.7. The van der Waals surface area contributed by atoms with E-state index >= 15 is 0 Å². The second-order valence-electron chi connectivity index (χ2n) is 12.4. The molecule has 2 aliphatic heterocycles. The third-order valence-corrected chi connectivity index (χ3v) is 9.02. The van der Waals surface area contributed by atoms with Gasteiger partial charge in [-0.3, -0.25) is 19.7 Å². The van der Waals surface area contributed by atoms with Crippen LogP contribution in [0.4, 0.5) is 5.69 Å². The lowest BCUT2D eigenvalue weighted by Crippen LogP contribution is -2.41. The number of nitrogens with one attached hydrogen (secondary N) is 2. The molecule has 5 rings (SSSR count). The Kier molecular flexibility index (Phi) is 12.8. The third kappa shape index (κ3) is 9.55. The van der Waals surface area contributed by atoms with E-state index in [1.165, 1.54) is 11.1 Å². The molecule has 3 atom stereocenters. The number of anilines is 1. The molecule has 48 heavy (non-hydrogen) atoms. The van der Waals surface area contributed by atoms with Crippen molar-refractivity contribution >= 4 is 17.5 Å². The van der Waals surface area contributed by atoms with E-state index < -0.39 is 6.29 Å². The first-order valence-electron chi connectivity index (χ1n) is 16.7. The minimum Gasteiger partial charge on any atom is -0.493 e. The number of fused-ring (bicyclic) bond motifs is 1. The number of nitrogens with zero attached hydrogens (tertiary/aromatic N) is 1. The zero-order chi connectivity index (χ0) is 33.9. The molecule has 1 fully saturated rings. The number of carbonyl (C=O) groups is 2. The van der Waals surface area contributed by atoms with Crippen LogP contribution < -0.4 is 20.3 Å². The number of hydrogen-bond acceptors (Lipinski definition) is 9. The molecule has 3 aromatic rings. The molecule has 0 spiro atoms. The molecule has 4 N–H and O–H groups in total. The van der Waals surface area contributed by atoms with Crippen molar-refractivity contribution in [2.75, 3.05) is 32.6 Å². The van der Waals surface area contributed by atoms with E-state index in [1.807, 2.05) is 48.5 Å². The van der Waals surface area contributed by atoms with Crippen LogP contribution in [-0.4, -0.2) is 60.4 Å². The molecule has 0 aromatic heterocycles. The normalized spacial score (nSPS) is 19.3. The minimum absolute atomic E-state index is 0.0122. The van der Waals surface area contributed by atoms with Gasteiger partial charge < -0.3 is 29.4 Å². The van der Waals surface area contributed by atoms with Gasteiger partial charge in [0.25, 0.3) is 0 Å². The van der Waals surface area contributed by atoms with Gasteiger partial charge in [-0.1, -0.05) is 49.2 Å². The van der Waals surface area contributed by atoms with Crippen molar-refractivity contribution in [2.45, 2.75) is 83.0 Å². The van der Waals surface area contributed by atoms with E-state index in [1.54, 1.807) is 19.7 Å². The maximum Gasteiger partial charge on any atom is 0.243 e. The lowest BCUT2D eigenvalue weighted by Gasteiger charge is -2.39. The number of aliphatic hydroxyl groups excluding tert-OH is 1. The van der Waals surface area contributed by atoms with Crippen LogP contribution in [0.3, 0.4) is 0 Å². The summed E-state index contributed by atoms with van der Waals surface area (Å²) < 4.78 is 24.2. The van der Waals surface area contributed by atoms with Crippen LogP contribution in [0, 0.1) is 0 Å². The summed E-state index contributed by atoms with van der Waals surface area (Å²) in [5.74, 6) is 1.03. The molecule has 0 radical (unpaired) electrons. The fourth-order valence-corrected chi connectivity index (χ4v) is 6.35. The van der Waals surface area contributed by atoms with E-state index in [0.717, 1.165) is 73.5 Å². The summed E-state index contributed by atoms with van der Waals surface area (Å²) in [7, 11) is 3.32. The number of ether oxygens (including phenoxy) is 4. The van der Waals surface area contributed by atoms with Gasteiger partial charge in [-0.05, 0) is 65.8 Å². The van der Waals surface area contributed by atoms with Crippen molar-refractivity contribution in [3.8, 4) is 11.5 Å². The predicted molar refractivity (Wildman–Crippen MR) is 180 cm³/mol. The molecule has 11 heteroatoms. The van der Waals surface area contributed by atoms with Crippen LogP contribution in [0.15, 0.2) is 60.7 Å². The molecule has 0 saturated carbocycles. The molecular formula is C37H47N3O8. The van der Waals surface area contributed by atoms with E-state index in [-0.39, 0.29) is 37.0 Å². The third-order valence-electron chi connectivity index (χ3n) is 9.02. The summed E-state index contributed by atoms with van der Waals surface area (Å²) in [6.45, 7) is 2.41. The Morgan fingerprint density at radius 1 is 0.854 bits per heavy atom. The van der Waals surface area contributed by atoms with Crippen LogP contribution in [0.1, 0.15) is 85.2 Å². The molecule has 3 aromatic carbocycles. The number of aliphatic hydroxyl groups is 1. The van der Waals surface area contributed by atoms with Gasteiger partial charge in [0.15, 0.2) is 17.8 Å². The number of hydroxylamine groups is 1. The highest BCUT2D eigenvalue weighted by Crippen LogP contribution is 2.39. The monoisotopic (exact) mass is 661 g/mol. The minimum atomic E-state index is -0.592. The summed E-state index contributed by atoms with van der Waals surface area (Å²) in [5, 5.41) is 21.1. The SMILES string of the molecule is COc1cc2c(cc1OC)CN(CC1CC(c3ccc(CO)cc3)OC(c3ccc(NC(=O)CCCCCCC(=O)NO)cc3)O1)CC2. The molecule has 0 aliphatic carbocycles. The van der Waals surface area contributed by atoms with Crippen molar-refractivity contribution in [2.24, 2.45) is 0 Å². The standard InChI is InChI=1S/C37H47N3O8/c1-45-33-19-28-17-18-40(22-29(28)20-34(33)46-2)23-31-21-32(26-11-9-25(24-41)10-12-26)48-37(47-31)27-13-15-30(16-14-27)38-35(42)7-5-3-4-6-8-36(43)39-44/h9-16,19-20,31-32,37,41,44H,3-8,17-18,21-24H2,1-2H3,(H,38,42)(H,39,43). The van der Waals surface area contributed by atoms with Gasteiger partial charge in [-0.2, -0.15) is 0 Å². The molecule has 2 amide bonds. The Balaban J connectivity index is 1.21. The number of hydrogen-bond donors (Lipinski definition) is 4. The van der Waals surface area contributed by atoms with Crippen molar-refractivity contribution in [3.05, 3.63) is 88.5 Å². The van der Waals surface area contributed by atoms with Gasteiger partial charge >= 0.3 is 0 Å². The zero-order valence-corrected chi connectivity index (χ0v) is 27.8. The van der Waals surface area contributed by atoms with Crippen molar-refractivity contribution in [1.29, 1.82) is 0 Å². The highest BCUT2D eigenvalue weighted by Gasteiger charge is 2.34. The average molecular weight is 662 g/mol. The van der Waals surface area contributed by atoms with Gasteiger partial charge in [-0.15, -0.1) is 0 Å². The fraction of sp³-hybridized carbons (Fsp3) is 0.459. The summed E-state index contributed by atoms with van der Waals surface area (Å²) in [4.78, 5) is 26.0.